The molecule has 1 aromatic heterocycles. The fraction of sp³-hybridized carbons (Fsp3) is 0.647. The molecule has 1 N–H and O–H groups in total. The number of carbonyl (C=O) groups excluding carboxylic acids is 1. The minimum atomic E-state index is -8.10. The zero-order valence-corrected chi connectivity index (χ0v) is 17.2. The average Bonchev–Trinajstić information content (AvgIpc) is 3.02. The van der Waals surface area contributed by atoms with Gasteiger partial charge in [-0.3, -0.25) is 4.79 Å². The van der Waals surface area contributed by atoms with Gasteiger partial charge in [0, 0.05) is 4.88 Å². The summed E-state index contributed by atoms with van der Waals surface area (Å²) in [7, 11) is 0. The number of hydrogen-bond acceptors (Lipinski definition) is 3. The minimum Gasteiger partial charge on any atom is -0.311 e. The van der Waals surface area contributed by atoms with Crippen LogP contribution >= 0.6 is 11.3 Å². The third-order valence-electron chi connectivity index (χ3n) is 5.07. The van der Waals surface area contributed by atoms with Crippen molar-refractivity contribution in [3.8, 4) is 6.07 Å². The molecule has 3 nitrogen and oxygen atoms in total. The van der Waals surface area contributed by atoms with Gasteiger partial charge in [0.25, 0.3) is 0 Å². The fourth-order valence-corrected chi connectivity index (χ4v) is 4.41. The summed E-state index contributed by atoms with van der Waals surface area (Å²) in [4.78, 5) is 12.1. The summed E-state index contributed by atoms with van der Waals surface area (Å²) < 4.78 is 171. The Morgan fingerprint density at radius 1 is 0.912 bits per heavy atom. The van der Waals surface area contributed by atoms with Crippen LogP contribution in [0.25, 0.3) is 0 Å². The van der Waals surface area contributed by atoms with Crippen molar-refractivity contribution >= 4 is 22.2 Å². The number of amides is 1. The zero-order chi connectivity index (χ0) is 26.7. The number of hydrogen-bond donors (Lipinski definition) is 1. The maximum atomic E-state index is 14.0. The molecule has 0 fully saturated rings. The van der Waals surface area contributed by atoms with Gasteiger partial charge in [0.2, 0.25) is 0 Å². The highest BCUT2D eigenvalue weighted by Gasteiger charge is 2.91. The Hall–Kier alpha value is -2.25. The highest BCUT2D eigenvalue weighted by atomic mass is 32.1. The van der Waals surface area contributed by atoms with Crippen molar-refractivity contribution in [3.05, 3.63) is 16.0 Å². The van der Waals surface area contributed by atoms with Gasteiger partial charge in [0.05, 0.1) is 5.56 Å². The summed E-state index contributed by atoms with van der Waals surface area (Å²) in [5.41, 5.74) is -0.266. The van der Waals surface area contributed by atoms with Gasteiger partial charge in [0.1, 0.15) is 11.1 Å². The molecule has 192 valence electrons. The van der Waals surface area contributed by atoms with Gasteiger partial charge in [0.15, 0.2) is 0 Å². The number of thiophene rings is 1. The van der Waals surface area contributed by atoms with E-state index in [-0.39, 0.29) is 24.3 Å². The Balaban J connectivity index is 2.47. The second-order valence-electron chi connectivity index (χ2n) is 7.49. The standard InChI is InChI=1S/C17H11F13N2OS/c1-6-2-3-7-8(5-31)10(34-9(7)4-6)32-11(33)12(18,19)13(20,21)14(22,23)15(24,25)16(26,27)17(28,29)30/h6H,2-4H2,1H3,(H,32,33). The Bertz CT molecular complexity index is 1010. The van der Waals surface area contributed by atoms with Crippen LogP contribution in [-0.4, -0.2) is 41.7 Å². The Kier molecular flexibility index (Phi) is 6.72. The molecule has 1 unspecified atom stereocenters. The highest BCUT2D eigenvalue weighted by molar-refractivity contribution is 7.16. The fourth-order valence-electron chi connectivity index (χ4n) is 3.05. The van der Waals surface area contributed by atoms with Crippen LogP contribution in [0.3, 0.4) is 0 Å². The molecule has 0 aliphatic heterocycles. The van der Waals surface area contributed by atoms with E-state index in [2.05, 4.69) is 0 Å². The van der Waals surface area contributed by atoms with E-state index in [9.17, 15) is 61.9 Å². The van der Waals surface area contributed by atoms with Crippen LogP contribution in [0, 0.1) is 17.2 Å². The first-order valence-corrected chi connectivity index (χ1v) is 9.71. The summed E-state index contributed by atoms with van der Waals surface area (Å²) in [6, 6.07) is 1.48. The van der Waals surface area contributed by atoms with Crippen LogP contribution in [-0.2, 0) is 17.6 Å². The van der Waals surface area contributed by atoms with Gasteiger partial charge >= 0.3 is 41.7 Å². The predicted octanol–water partition coefficient (Wildman–Crippen LogP) is 6.42. The van der Waals surface area contributed by atoms with Crippen molar-refractivity contribution in [2.45, 2.75) is 62.0 Å². The molecular formula is C17H11F13N2OS. The summed E-state index contributed by atoms with van der Waals surface area (Å²) in [5, 5.41) is 9.34. The molecule has 1 aromatic rings. The van der Waals surface area contributed by atoms with Crippen molar-refractivity contribution in [3.63, 3.8) is 0 Å². The smallest absolute Gasteiger partial charge is 0.311 e. The second kappa shape index (κ2) is 8.16. The summed E-state index contributed by atoms with van der Waals surface area (Å²) in [6.45, 7) is 1.75. The first-order valence-electron chi connectivity index (χ1n) is 8.89. The van der Waals surface area contributed by atoms with Gasteiger partial charge in [-0.1, -0.05) is 6.92 Å². The van der Waals surface area contributed by atoms with Crippen molar-refractivity contribution in [2.75, 3.05) is 5.32 Å². The minimum absolute atomic E-state index is 0.0169. The van der Waals surface area contributed by atoms with E-state index in [1.807, 2.05) is 0 Å². The normalized spacial score (nSPS) is 18.3. The monoisotopic (exact) mass is 538 g/mol. The van der Waals surface area contributed by atoms with Crippen LogP contribution in [0.2, 0.25) is 0 Å². The summed E-state index contributed by atoms with van der Waals surface area (Å²) >= 11 is 0.429. The molecule has 1 heterocycles. The van der Waals surface area contributed by atoms with Crippen molar-refractivity contribution in [1.29, 1.82) is 5.26 Å². The van der Waals surface area contributed by atoms with Gasteiger partial charge < -0.3 is 5.32 Å². The highest BCUT2D eigenvalue weighted by Crippen LogP contribution is 2.60. The van der Waals surface area contributed by atoms with E-state index in [1.54, 1.807) is 6.92 Å². The molecule has 2 rings (SSSR count). The van der Waals surface area contributed by atoms with Gasteiger partial charge in [-0.2, -0.15) is 62.3 Å². The largest absolute Gasteiger partial charge is 0.460 e. The molecule has 1 aliphatic rings. The van der Waals surface area contributed by atoms with E-state index in [1.165, 1.54) is 6.07 Å². The molecule has 34 heavy (non-hydrogen) atoms. The number of carbonyl (C=O) groups is 1. The topological polar surface area (TPSA) is 52.9 Å². The molecule has 0 saturated heterocycles. The summed E-state index contributed by atoms with van der Waals surface area (Å²) in [5.74, 6) is -42.1. The lowest BCUT2D eigenvalue weighted by atomic mass is 9.88. The molecule has 1 amide bonds. The molecule has 0 saturated carbocycles. The molecule has 0 radical (unpaired) electrons. The Morgan fingerprint density at radius 3 is 1.88 bits per heavy atom. The molecule has 0 spiro atoms. The average molecular weight is 538 g/mol. The number of alkyl halides is 13. The zero-order valence-electron chi connectivity index (χ0n) is 16.4. The number of rotatable bonds is 6. The van der Waals surface area contributed by atoms with Gasteiger partial charge in [-0.15, -0.1) is 11.3 Å². The number of nitriles is 1. The van der Waals surface area contributed by atoms with Crippen molar-refractivity contribution in [1.82, 2.24) is 0 Å². The molecule has 0 bridgehead atoms. The number of nitrogens with one attached hydrogen (secondary N) is 1. The number of nitrogens with zero attached hydrogens (tertiary/aromatic N) is 1. The van der Waals surface area contributed by atoms with E-state index in [0.29, 0.717) is 22.6 Å². The molecule has 1 atom stereocenters. The molecule has 1 aliphatic carbocycles. The summed E-state index contributed by atoms with van der Waals surface area (Å²) in [6.07, 6.45) is -6.60. The lowest BCUT2D eigenvalue weighted by Gasteiger charge is -2.39. The number of anilines is 1. The van der Waals surface area contributed by atoms with Crippen LogP contribution in [0.4, 0.5) is 62.1 Å². The van der Waals surface area contributed by atoms with E-state index in [0.717, 1.165) is 5.32 Å². The van der Waals surface area contributed by atoms with Gasteiger partial charge in [-0.25, -0.2) is 0 Å². The van der Waals surface area contributed by atoms with Crippen molar-refractivity contribution < 1.29 is 61.9 Å². The van der Waals surface area contributed by atoms with Crippen LogP contribution < -0.4 is 5.32 Å². The van der Waals surface area contributed by atoms with Crippen molar-refractivity contribution in [2.24, 2.45) is 5.92 Å². The third-order valence-corrected chi connectivity index (χ3v) is 6.24. The predicted molar refractivity (Wildman–Crippen MR) is 89.6 cm³/mol. The van der Waals surface area contributed by atoms with E-state index >= 15 is 0 Å². The second-order valence-corrected chi connectivity index (χ2v) is 8.60. The first-order chi connectivity index (χ1) is 15.1. The molecular weight excluding hydrogens is 527 g/mol. The van der Waals surface area contributed by atoms with Crippen LogP contribution in [0.15, 0.2) is 0 Å². The molecule has 17 heteroatoms. The maximum Gasteiger partial charge on any atom is 0.460 e. The number of fused-ring (bicyclic) bond motifs is 1. The number of halogens is 13. The Labute approximate surface area is 185 Å². The lowest BCUT2D eigenvalue weighted by molar-refractivity contribution is -0.435. The quantitative estimate of drug-likeness (QED) is 0.425. The first kappa shape index (κ1) is 28.0. The van der Waals surface area contributed by atoms with E-state index in [4.69, 9.17) is 5.26 Å². The van der Waals surface area contributed by atoms with E-state index < -0.39 is 52.3 Å². The van der Waals surface area contributed by atoms with Crippen LogP contribution in [0.1, 0.15) is 29.3 Å². The maximum absolute atomic E-state index is 14.0. The third kappa shape index (κ3) is 3.87. The lowest BCUT2D eigenvalue weighted by Crippen LogP contribution is -2.71. The van der Waals surface area contributed by atoms with Gasteiger partial charge in [-0.05, 0) is 30.7 Å². The SMILES string of the molecule is CC1CCc2c(sc(NC(=O)C(F)(F)C(F)(F)C(F)(F)C(F)(F)C(F)(F)C(F)(F)F)c2C#N)C1. The molecule has 0 aromatic carbocycles. The van der Waals surface area contributed by atoms with Crippen LogP contribution in [0.5, 0.6) is 0 Å². The Morgan fingerprint density at radius 2 is 1.41 bits per heavy atom.